The number of nitrogens with one attached hydrogen (secondary N) is 2. The molecular formula is C22H16FN5OS. The van der Waals surface area contributed by atoms with E-state index >= 15 is 0 Å². The highest BCUT2D eigenvalue weighted by Crippen LogP contribution is 2.33. The molecule has 0 atom stereocenters. The molecule has 0 saturated heterocycles. The van der Waals surface area contributed by atoms with Crippen molar-refractivity contribution in [3.05, 3.63) is 77.8 Å². The van der Waals surface area contributed by atoms with Crippen LogP contribution < -0.4 is 5.32 Å². The molecule has 5 aromatic rings. The molecule has 4 heterocycles. The predicted molar refractivity (Wildman–Crippen MR) is 115 cm³/mol. The Kier molecular flexibility index (Phi) is 4.40. The molecule has 1 amide bonds. The number of hydrogen-bond acceptors (Lipinski definition) is 4. The van der Waals surface area contributed by atoms with Gasteiger partial charge in [-0.3, -0.25) is 14.3 Å². The molecule has 30 heavy (non-hydrogen) atoms. The first kappa shape index (κ1) is 18.3. The maximum atomic E-state index is 13.3. The molecule has 0 aliphatic heterocycles. The fraction of sp³-hybridized carbons (Fsp3) is 0.0455. The lowest BCUT2D eigenvalue weighted by Crippen LogP contribution is -2.15. The fourth-order valence-corrected chi connectivity index (χ4v) is 4.34. The number of halogens is 1. The van der Waals surface area contributed by atoms with Gasteiger partial charge in [-0.1, -0.05) is 0 Å². The highest BCUT2D eigenvalue weighted by Gasteiger charge is 2.15. The Morgan fingerprint density at radius 3 is 2.67 bits per heavy atom. The van der Waals surface area contributed by atoms with E-state index in [4.69, 9.17) is 0 Å². The van der Waals surface area contributed by atoms with Gasteiger partial charge in [-0.15, -0.1) is 11.3 Å². The van der Waals surface area contributed by atoms with Crippen LogP contribution in [0.15, 0.2) is 67.1 Å². The normalized spacial score (nSPS) is 11.1. The number of amides is 1. The van der Waals surface area contributed by atoms with Crippen LogP contribution in [0.2, 0.25) is 0 Å². The Morgan fingerprint density at radius 2 is 1.87 bits per heavy atom. The zero-order valence-electron chi connectivity index (χ0n) is 15.9. The predicted octanol–water partition coefficient (Wildman–Crippen LogP) is 4.62. The lowest BCUT2D eigenvalue weighted by atomic mass is 10.0. The van der Waals surface area contributed by atoms with Gasteiger partial charge in [0.25, 0.3) is 5.91 Å². The van der Waals surface area contributed by atoms with Gasteiger partial charge in [0.05, 0.1) is 33.5 Å². The number of hydrogen-bond donors (Lipinski definition) is 2. The third kappa shape index (κ3) is 3.07. The van der Waals surface area contributed by atoms with E-state index in [9.17, 15) is 9.18 Å². The Balaban J connectivity index is 1.59. The summed E-state index contributed by atoms with van der Waals surface area (Å²) in [4.78, 5) is 18.0. The molecule has 0 aliphatic rings. The lowest BCUT2D eigenvalue weighted by molar-refractivity contribution is 0.0967. The molecule has 1 aromatic carbocycles. The van der Waals surface area contributed by atoms with Crippen LogP contribution in [-0.4, -0.2) is 32.5 Å². The molecule has 8 heteroatoms. The van der Waals surface area contributed by atoms with Crippen LogP contribution in [0.25, 0.3) is 38.6 Å². The van der Waals surface area contributed by atoms with Crippen LogP contribution in [-0.2, 0) is 0 Å². The number of carbonyl (C=O) groups excluding carboxylic acids is 1. The van der Waals surface area contributed by atoms with Gasteiger partial charge in [-0.25, -0.2) is 9.37 Å². The number of fused-ring (bicyclic) bond motifs is 1. The Hall–Kier alpha value is -3.78. The van der Waals surface area contributed by atoms with Crippen molar-refractivity contribution in [2.24, 2.45) is 0 Å². The van der Waals surface area contributed by atoms with Gasteiger partial charge >= 0.3 is 0 Å². The van der Waals surface area contributed by atoms with E-state index in [0.29, 0.717) is 4.88 Å². The average Bonchev–Trinajstić information content (AvgIpc) is 3.51. The van der Waals surface area contributed by atoms with E-state index in [1.165, 1.54) is 23.5 Å². The maximum Gasteiger partial charge on any atom is 0.261 e. The van der Waals surface area contributed by atoms with Crippen molar-refractivity contribution < 1.29 is 9.18 Å². The van der Waals surface area contributed by atoms with Gasteiger partial charge < -0.3 is 5.32 Å². The van der Waals surface area contributed by atoms with Gasteiger partial charge in [-0.2, -0.15) is 5.10 Å². The van der Waals surface area contributed by atoms with Crippen molar-refractivity contribution in [3.8, 4) is 33.0 Å². The van der Waals surface area contributed by atoms with Gasteiger partial charge in [-0.05, 0) is 48.5 Å². The quantitative estimate of drug-likeness (QED) is 0.448. The number of thiophene rings is 1. The second kappa shape index (κ2) is 7.23. The monoisotopic (exact) mass is 417 g/mol. The number of aromatic nitrogens is 4. The fourth-order valence-electron chi connectivity index (χ4n) is 3.38. The summed E-state index contributed by atoms with van der Waals surface area (Å²) in [5.41, 5.74) is 5.21. The number of benzene rings is 1. The highest BCUT2D eigenvalue weighted by atomic mass is 32.1. The van der Waals surface area contributed by atoms with Crippen LogP contribution >= 0.6 is 11.3 Å². The number of imidazole rings is 1. The molecule has 0 bridgehead atoms. The van der Waals surface area contributed by atoms with Gasteiger partial charge in [0.2, 0.25) is 0 Å². The van der Waals surface area contributed by atoms with E-state index in [0.717, 1.165) is 38.6 Å². The van der Waals surface area contributed by atoms with Crippen molar-refractivity contribution in [2.75, 3.05) is 7.05 Å². The number of carbonyl (C=O) groups is 1. The van der Waals surface area contributed by atoms with Crippen LogP contribution in [0, 0.1) is 5.82 Å². The van der Waals surface area contributed by atoms with Crippen LogP contribution in [0.1, 0.15) is 9.67 Å². The standard InChI is InChI=1S/C22H16FN5OS/c1-24-22(29)19-8-7-18(30-19)17-11-25-20-9-4-14(12-28(17)20)16-10-26-27-21(16)13-2-5-15(23)6-3-13/h2-12H,1H3,(H,24,29)(H,26,27). The van der Waals surface area contributed by atoms with E-state index < -0.39 is 0 Å². The molecule has 0 unspecified atom stereocenters. The molecule has 0 aliphatic carbocycles. The second-order valence-corrected chi connectivity index (χ2v) is 7.78. The first-order valence-corrected chi connectivity index (χ1v) is 10.0. The molecule has 148 valence electrons. The van der Waals surface area contributed by atoms with Crippen LogP contribution in [0.4, 0.5) is 4.39 Å². The number of nitrogens with zero attached hydrogens (tertiary/aromatic N) is 3. The summed E-state index contributed by atoms with van der Waals surface area (Å²) in [6.07, 6.45) is 5.55. The summed E-state index contributed by atoms with van der Waals surface area (Å²) in [5.74, 6) is -0.389. The van der Waals surface area contributed by atoms with Crippen molar-refractivity contribution in [1.29, 1.82) is 0 Å². The van der Waals surface area contributed by atoms with E-state index in [-0.39, 0.29) is 11.7 Å². The summed E-state index contributed by atoms with van der Waals surface area (Å²) in [7, 11) is 1.62. The smallest absolute Gasteiger partial charge is 0.261 e. The van der Waals surface area contributed by atoms with Gasteiger partial charge in [0.1, 0.15) is 11.5 Å². The average molecular weight is 417 g/mol. The topological polar surface area (TPSA) is 75.1 Å². The Labute approximate surface area is 175 Å². The first-order chi connectivity index (χ1) is 14.6. The Morgan fingerprint density at radius 1 is 1.07 bits per heavy atom. The SMILES string of the molecule is CNC(=O)c1ccc(-c2cnc3ccc(-c4cn[nH]c4-c4ccc(F)cc4)cn23)s1. The zero-order valence-corrected chi connectivity index (χ0v) is 16.7. The van der Waals surface area contributed by atoms with Gasteiger partial charge in [0, 0.05) is 29.9 Å². The molecule has 0 radical (unpaired) electrons. The highest BCUT2D eigenvalue weighted by molar-refractivity contribution is 7.17. The third-order valence-corrected chi connectivity index (χ3v) is 6.00. The minimum Gasteiger partial charge on any atom is -0.354 e. The number of aromatic amines is 1. The maximum absolute atomic E-state index is 13.3. The summed E-state index contributed by atoms with van der Waals surface area (Å²) in [6.45, 7) is 0. The van der Waals surface area contributed by atoms with Crippen LogP contribution in [0.5, 0.6) is 0 Å². The summed E-state index contributed by atoms with van der Waals surface area (Å²) >= 11 is 1.42. The van der Waals surface area contributed by atoms with Crippen LogP contribution in [0.3, 0.4) is 0 Å². The molecule has 0 saturated carbocycles. The summed E-state index contributed by atoms with van der Waals surface area (Å²) < 4.78 is 15.3. The number of H-pyrrole nitrogens is 1. The number of pyridine rings is 1. The molecule has 0 fully saturated rings. The third-order valence-electron chi connectivity index (χ3n) is 4.90. The summed E-state index contributed by atoms with van der Waals surface area (Å²) in [6, 6.07) is 14.0. The van der Waals surface area contributed by atoms with E-state index in [1.54, 1.807) is 31.6 Å². The second-order valence-electron chi connectivity index (χ2n) is 6.70. The number of rotatable bonds is 4. The first-order valence-electron chi connectivity index (χ1n) is 9.23. The molecule has 5 rings (SSSR count). The molecule has 2 N–H and O–H groups in total. The van der Waals surface area contributed by atoms with Crippen molar-refractivity contribution >= 4 is 22.9 Å². The van der Waals surface area contributed by atoms with E-state index in [1.807, 2.05) is 34.9 Å². The largest absolute Gasteiger partial charge is 0.354 e. The van der Waals surface area contributed by atoms with Gasteiger partial charge in [0.15, 0.2) is 0 Å². The molecule has 6 nitrogen and oxygen atoms in total. The molecular weight excluding hydrogens is 401 g/mol. The minimum absolute atomic E-state index is 0.108. The molecule has 0 spiro atoms. The van der Waals surface area contributed by atoms with Crippen molar-refractivity contribution in [1.82, 2.24) is 24.9 Å². The lowest BCUT2D eigenvalue weighted by Gasteiger charge is -2.06. The minimum atomic E-state index is -0.281. The molecule has 4 aromatic heterocycles. The van der Waals surface area contributed by atoms with E-state index in [2.05, 4.69) is 20.5 Å². The van der Waals surface area contributed by atoms with Crippen molar-refractivity contribution in [3.63, 3.8) is 0 Å². The zero-order chi connectivity index (χ0) is 20.7. The Bertz CT molecular complexity index is 1370. The van der Waals surface area contributed by atoms with Crippen molar-refractivity contribution in [2.45, 2.75) is 0 Å². The summed E-state index contributed by atoms with van der Waals surface area (Å²) in [5, 5.41) is 9.85.